The molecule has 19 heavy (non-hydrogen) atoms. The molecule has 1 heterocycles. The molecule has 0 saturated heterocycles. The van der Waals surface area contributed by atoms with E-state index in [1.54, 1.807) is 4.57 Å². The minimum absolute atomic E-state index is 0.00596. The van der Waals surface area contributed by atoms with Crippen molar-refractivity contribution in [3.05, 3.63) is 38.7 Å². The molecule has 7 heteroatoms. The van der Waals surface area contributed by atoms with E-state index in [0.717, 1.165) is 9.37 Å². The number of halogens is 1. The smallest absolute Gasteiger partial charge is 0.267 e. The van der Waals surface area contributed by atoms with Gasteiger partial charge in [-0.3, -0.25) is 4.57 Å². The first-order valence-corrected chi connectivity index (χ1v) is 7.19. The van der Waals surface area contributed by atoms with Crippen LogP contribution in [0.3, 0.4) is 0 Å². The quantitative estimate of drug-likeness (QED) is 0.933. The van der Waals surface area contributed by atoms with E-state index in [4.69, 9.17) is 0 Å². The van der Waals surface area contributed by atoms with Crippen LogP contribution in [0, 0.1) is 11.3 Å². The number of nitrogens with zero attached hydrogens (tertiary/aromatic N) is 3. The first-order valence-electron chi connectivity index (χ1n) is 5.58. The van der Waals surface area contributed by atoms with Crippen LogP contribution in [0.25, 0.3) is 0 Å². The molecular weight excluding hydrogens is 328 g/mol. The van der Waals surface area contributed by atoms with Crippen molar-refractivity contribution in [2.24, 2.45) is 0 Å². The Bertz CT molecular complexity index is 698. The molecule has 0 bridgehead atoms. The number of aromatic nitrogens is 3. The lowest BCUT2D eigenvalue weighted by Gasteiger charge is -2.09. The normalized spacial score (nSPS) is 10.7. The Labute approximate surface area is 122 Å². The highest BCUT2D eigenvalue weighted by molar-refractivity contribution is 9.10. The average molecular weight is 339 g/mol. The summed E-state index contributed by atoms with van der Waals surface area (Å²) >= 11 is 4.64. The van der Waals surface area contributed by atoms with E-state index in [1.807, 2.05) is 32.0 Å². The molecule has 0 aliphatic heterocycles. The molecular formula is C12H11BrN4OS. The molecule has 0 aliphatic rings. The fraction of sp³-hybridized carbons (Fsp3) is 0.250. The second kappa shape index (κ2) is 5.63. The third-order valence-corrected chi connectivity index (χ3v) is 4.17. The zero-order valence-corrected chi connectivity index (χ0v) is 12.7. The van der Waals surface area contributed by atoms with Gasteiger partial charge in [-0.2, -0.15) is 5.26 Å². The van der Waals surface area contributed by atoms with Crippen LogP contribution in [0.1, 0.15) is 25.5 Å². The van der Waals surface area contributed by atoms with E-state index in [1.165, 1.54) is 11.8 Å². The molecule has 5 nitrogen and oxygen atoms in total. The second-order valence-electron chi connectivity index (χ2n) is 4.10. The number of rotatable bonds is 3. The standard InChI is InChI=1S/C12H11BrN4OS/c1-7(2)17-11(18)15-16-12(17)19-10-5-3-4-9(13)8(10)6-14/h3-5,7H,1-2H3,(H,15,18). The molecule has 98 valence electrons. The summed E-state index contributed by atoms with van der Waals surface area (Å²) in [6.07, 6.45) is 0. The Hall–Kier alpha value is -1.52. The summed E-state index contributed by atoms with van der Waals surface area (Å²) < 4.78 is 2.29. The maximum absolute atomic E-state index is 11.7. The maximum atomic E-state index is 11.7. The molecule has 0 saturated carbocycles. The lowest BCUT2D eigenvalue weighted by atomic mass is 10.2. The van der Waals surface area contributed by atoms with E-state index >= 15 is 0 Å². The molecule has 0 fully saturated rings. The molecule has 0 amide bonds. The van der Waals surface area contributed by atoms with Gasteiger partial charge in [0, 0.05) is 15.4 Å². The highest BCUT2D eigenvalue weighted by Crippen LogP contribution is 2.32. The van der Waals surface area contributed by atoms with Gasteiger partial charge in [0.15, 0.2) is 5.16 Å². The van der Waals surface area contributed by atoms with Gasteiger partial charge in [0.2, 0.25) is 0 Å². The zero-order chi connectivity index (χ0) is 14.0. The van der Waals surface area contributed by atoms with Gasteiger partial charge in [-0.05, 0) is 53.7 Å². The van der Waals surface area contributed by atoms with Gasteiger partial charge in [0.1, 0.15) is 6.07 Å². The molecule has 0 radical (unpaired) electrons. The summed E-state index contributed by atoms with van der Waals surface area (Å²) in [6.45, 7) is 3.82. The monoisotopic (exact) mass is 338 g/mol. The molecule has 2 rings (SSSR count). The van der Waals surface area contributed by atoms with E-state index in [2.05, 4.69) is 32.2 Å². The van der Waals surface area contributed by atoms with Crippen molar-refractivity contribution >= 4 is 27.7 Å². The predicted octanol–water partition coefficient (Wildman–Crippen LogP) is 2.94. The molecule has 0 spiro atoms. The molecule has 0 unspecified atom stereocenters. The Morgan fingerprint density at radius 2 is 2.26 bits per heavy atom. The highest BCUT2D eigenvalue weighted by atomic mass is 79.9. The van der Waals surface area contributed by atoms with Crippen LogP contribution in [0.2, 0.25) is 0 Å². The van der Waals surface area contributed by atoms with Crippen LogP contribution in [0.15, 0.2) is 37.5 Å². The fourth-order valence-electron chi connectivity index (χ4n) is 1.61. The Balaban J connectivity index is 2.46. The Morgan fingerprint density at radius 1 is 1.53 bits per heavy atom. The zero-order valence-electron chi connectivity index (χ0n) is 10.3. The lowest BCUT2D eigenvalue weighted by Crippen LogP contribution is -2.19. The molecule has 0 atom stereocenters. The van der Waals surface area contributed by atoms with Crippen molar-refractivity contribution in [2.75, 3.05) is 0 Å². The molecule has 1 aromatic carbocycles. The first-order chi connectivity index (χ1) is 9.04. The topological polar surface area (TPSA) is 74.5 Å². The number of aromatic amines is 1. The predicted molar refractivity (Wildman–Crippen MR) is 76.2 cm³/mol. The second-order valence-corrected chi connectivity index (χ2v) is 5.97. The van der Waals surface area contributed by atoms with Crippen molar-refractivity contribution in [3.63, 3.8) is 0 Å². The van der Waals surface area contributed by atoms with Crippen LogP contribution in [-0.2, 0) is 0 Å². The number of nitriles is 1. The minimum Gasteiger partial charge on any atom is -0.267 e. The number of nitrogens with one attached hydrogen (secondary N) is 1. The van der Waals surface area contributed by atoms with Gasteiger partial charge in [-0.1, -0.05) is 6.07 Å². The van der Waals surface area contributed by atoms with Crippen molar-refractivity contribution < 1.29 is 0 Å². The van der Waals surface area contributed by atoms with Crippen LogP contribution in [0.5, 0.6) is 0 Å². The summed E-state index contributed by atoms with van der Waals surface area (Å²) in [5.41, 5.74) is 0.296. The van der Waals surface area contributed by atoms with Crippen molar-refractivity contribution in [1.29, 1.82) is 5.26 Å². The van der Waals surface area contributed by atoms with Gasteiger partial charge in [-0.25, -0.2) is 9.89 Å². The van der Waals surface area contributed by atoms with Crippen LogP contribution < -0.4 is 5.69 Å². The fourth-order valence-corrected chi connectivity index (χ4v) is 3.28. The van der Waals surface area contributed by atoms with Crippen molar-refractivity contribution in [3.8, 4) is 6.07 Å². The van der Waals surface area contributed by atoms with Gasteiger partial charge in [0.25, 0.3) is 0 Å². The lowest BCUT2D eigenvalue weighted by molar-refractivity contribution is 0.534. The van der Waals surface area contributed by atoms with Crippen LogP contribution in [0.4, 0.5) is 0 Å². The van der Waals surface area contributed by atoms with Crippen molar-refractivity contribution in [2.45, 2.75) is 29.9 Å². The van der Waals surface area contributed by atoms with E-state index in [-0.39, 0.29) is 11.7 Å². The summed E-state index contributed by atoms with van der Waals surface area (Å²) in [7, 11) is 0. The number of hydrogen-bond donors (Lipinski definition) is 1. The maximum Gasteiger partial charge on any atom is 0.344 e. The Morgan fingerprint density at radius 3 is 2.89 bits per heavy atom. The largest absolute Gasteiger partial charge is 0.344 e. The van der Waals surface area contributed by atoms with Crippen LogP contribution in [-0.4, -0.2) is 14.8 Å². The van der Waals surface area contributed by atoms with Gasteiger partial charge in [-0.15, -0.1) is 5.10 Å². The van der Waals surface area contributed by atoms with Gasteiger partial charge < -0.3 is 0 Å². The Kier molecular flexibility index (Phi) is 4.12. The average Bonchev–Trinajstić information content (AvgIpc) is 2.71. The molecule has 1 N–H and O–H groups in total. The number of hydrogen-bond acceptors (Lipinski definition) is 4. The third kappa shape index (κ3) is 2.74. The number of benzene rings is 1. The molecule has 0 aliphatic carbocycles. The summed E-state index contributed by atoms with van der Waals surface area (Å²) in [5, 5.41) is 16.2. The van der Waals surface area contributed by atoms with Crippen LogP contribution >= 0.6 is 27.7 Å². The first kappa shape index (κ1) is 13.9. The van der Waals surface area contributed by atoms with Crippen molar-refractivity contribution in [1.82, 2.24) is 14.8 Å². The molecule has 1 aromatic heterocycles. The van der Waals surface area contributed by atoms with E-state index in [9.17, 15) is 10.1 Å². The minimum atomic E-state index is -0.244. The SMILES string of the molecule is CC(C)n1c(Sc2cccc(Br)c2C#N)n[nH]c1=O. The third-order valence-electron chi connectivity index (χ3n) is 2.48. The highest BCUT2D eigenvalue weighted by Gasteiger charge is 2.15. The summed E-state index contributed by atoms with van der Waals surface area (Å²) in [5.74, 6) is 0. The van der Waals surface area contributed by atoms with Gasteiger partial charge >= 0.3 is 5.69 Å². The summed E-state index contributed by atoms with van der Waals surface area (Å²) in [4.78, 5) is 12.4. The van der Waals surface area contributed by atoms with Gasteiger partial charge in [0.05, 0.1) is 5.56 Å². The summed E-state index contributed by atoms with van der Waals surface area (Å²) in [6, 6.07) is 7.64. The molecule has 2 aromatic rings. The van der Waals surface area contributed by atoms with E-state index in [0.29, 0.717) is 10.7 Å². The number of H-pyrrole nitrogens is 1. The van der Waals surface area contributed by atoms with E-state index < -0.39 is 0 Å².